The Labute approximate surface area is 385 Å². The molecule has 12 rings (SSSR count). The topological polar surface area (TPSA) is 6.48 Å². The third-order valence-corrected chi connectivity index (χ3v) is 13.1. The van der Waals surface area contributed by atoms with Gasteiger partial charge in [-0.2, -0.15) is 0 Å². The van der Waals surface area contributed by atoms with Gasteiger partial charge in [0.15, 0.2) is 0 Å². The molecule has 66 heavy (non-hydrogen) atoms. The largest absolute Gasteiger partial charge is 0.310 e. The Hall–Kier alpha value is -8.72. The van der Waals surface area contributed by atoms with Gasteiger partial charge >= 0.3 is 0 Å². The van der Waals surface area contributed by atoms with E-state index in [1.54, 1.807) is 0 Å². The minimum atomic E-state index is 1.12. The zero-order chi connectivity index (χ0) is 43.8. The number of nitrogens with zero attached hydrogens (tertiary/aromatic N) is 2. The molecule has 0 atom stereocenters. The molecule has 0 radical (unpaired) electrons. The summed E-state index contributed by atoms with van der Waals surface area (Å²) in [7, 11) is 0. The Balaban J connectivity index is 0.989. The summed E-state index contributed by atoms with van der Waals surface area (Å²) in [5, 5.41) is 9.75. The highest BCUT2D eigenvalue weighted by atomic mass is 15.1. The molecule has 0 fully saturated rings. The quantitative estimate of drug-likeness (QED) is 0.143. The number of anilines is 6. The number of para-hydroxylation sites is 4. The van der Waals surface area contributed by atoms with Crippen molar-refractivity contribution in [3.63, 3.8) is 0 Å². The second kappa shape index (κ2) is 16.8. The van der Waals surface area contributed by atoms with Crippen molar-refractivity contribution in [1.29, 1.82) is 0 Å². The van der Waals surface area contributed by atoms with Gasteiger partial charge in [-0.3, -0.25) is 0 Å². The number of fused-ring (bicyclic) bond motifs is 4. The third kappa shape index (κ3) is 6.75. The fourth-order valence-corrected chi connectivity index (χ4v) is 10.2. The Kier molecular flexibility index (Phi) is 9.89. The van der Waals surface area contributed by atoms with Crippen LogP contribution >= 0.6 is 0 Å². The van der Waals surface area contributed by atoms with E-state index in [1.807, 2.05) is 0 Å². The molecule has 0 saturated heterocycles. The van der Waals surface area contributed by atoms with Crippen molar-refractivity contribution < 1.29 is 0 Å². The smallest absolute Gasteiger partial charge is 0.0540 e. The van der Waals surface area contributed by atoms with Gasteiger partial charge in [0, 0.05) is 33.5 Å². The van der Waals surface area contributed by atoms with E-state index in [1.165, 1.54) is 76.5 Å². The van der Waals surface area contributed by atoms with Crippen LogP contribution in [0.15, 0.2) is 267 Å². The molecule has 2 heteroatoms. The lowest BCUT2D eigenvalue weighted by atomic mass is 9.87. The van der Waals surface area contributed by atoms with Gasteiger partial charge in [-0.15, -0.1) is 0 Å². The minimum absolute atomic E-state index is 1.12. The van der Waals surface area contributed by atoms with E-state index in [0.29, 0.717) is 0 Å². The first-order valence-corrected chi connectivity index (χ1v) is 22.7. The highest BCUT2D eigenvalue weighted by Gasteiger charge is 2.20. The van der Waals surface area contributed by atoms with Crippen molar-refractivity contribution in [2.45, 2.75) is 0 Å². The van der Waals surface area contributed by atoms with Crippen LogP contribution in [0.25, 0.3) is 76.5 Å². The van der Waals surface area contributed by atoms with Crippen LogP contribution in [0.4, 0.5) is 34.1 Å². The van der Waals surface area contributed by atoms with Gasteiger partial charge in [0.25, 0.3) is 0 Å². The van der Waals surface area contributed by atoms with Gasteiger partial charge in [-0.05, 0) is 126 Å². The van der Waals surface area contributed by atoms with Gasteiger partial charge in [0.05, 0.1) is 11.4 Å². The molecule has 0 aliphatic carbocycles. The molecule has 0 amide bonds. The molecule has 310 valence electrons. The van der Waals surface area contributed by atoms with Crippen LogP contribution in [0.2, 0.25) is 0 Å². The minimum Gasteiger partial charge on any atom is -0.310 e. The van der Waals surface area contributed by atoms with Crippen LogP contribution < -0.4 is 9.80 Å². The Bertz CT molecular complexity index is 3370. The monoisotopic (exact) mass is 840 g/mol. The first kappa shape index (κ1) is 38.9. The number of rotatable bonds is 9. The van der Waals surface area contributed by atoms with Crippen molar-refractivity contribution >= 4 is 77.2 Å². The molecule has 0 aliphatic heterocycles. The Morgan fingerprint density at radius 2 is 0.348 bits per heavy atom. The maximum absolute atomic E-state index is 2.36. The lowest BCUT2D eigenvalue weighted by Crippen LogP contribution is -2.10. The van der Waals surface area contributed by atoms with Crippen LogP contribution in [0.5, 0.6) is 0 Å². The molecule has 12 aromatic rings. The summed E-state index contributed by atoms with van der Waals surface area (Å²) in [4.78, 5) is 4.73. The highest BCUT2D eigenvalue weighted by molar-refractivity contribution is 6.16. The van der Waals surface area contributed by atoms with Crippen LogP contribution in [0, 0.1) is 0 Å². The number of benzene rings is 12. The molecular weight excluding hydrogens is 797 g/mol. The zero-order valence-electron chi connectivity index (χ0n) is 36.3. The van der Waals surface area contributed by atoms with Crippen LogP contribution in [0.1, 0.15) is 0 Å². The van der Waals surface area contributed by atoms with E-state index in [4.69, 9.17) is 0 Å². The molecule has 0 unspecified atom stereocenters. The summed E-state index contributed by atoms with van der Waals surface area (Å²) in [5.74, 6) is 0. The van der Waals surface area contributed by atoms with Gasteiger partial charge in [-0.1, -0.05) is 206 Å². The summed E-state index contributed by atoms with van der Waals surface area (Å²) in [6.07, 6.45) is 0. The number of hydrogen-bond acceptors (Lipinski definition) is 2. The summed E-state index contributed by atoms with van der Waals surface area (Å²) in [6.45, 7) is 0. The Morgan fingerprint density at radius 1 is 0.152 bits per heavy atom. The zero-order valence-corrected chi connectivity index (χ0v) is 36.3. The molecule has 0 aromatic heterocycles. The standard InChI is InChI=1S/C64H44N2/c1-5-21-45(22-6-1)65(46-23-7-2-8-24-46)63-43-19-39-59-57(37-17-41-61(59)63)55-35-15-31-51-49(29-13-33-53(51)55)50-30-14-34-54-52(50)32-16-36-56(54)58-38-18-42-62-60(58)40-20-44-64(62)66(47-25-9-3-10-26-47)48-27-11-4-12-28-48/h1-44H. The van der Waals surface area contributed by atoms with Gasteiger partial charge < -0.3 is 9.80 Å². The average Bonchev–Trinajstić information content (AvgIpc) is 3.39. The molecule has 0 saturated carbocycles. The predicted molar refractivity (Wildman–Crippen MR) is 282 cm³/mol. The van der Waals surface area contributed by atoms with Crippen molar-refractivity contribution in [1.82, 2.24) is 0 Å². The van der Waals surface area contributed by atoms with Crippen molar-refractivity contribution in [2.75, 3.05) is 9.80 Å². The maximum atomic E-state index is 2.36. The van der Waals surface area contributed by atoms with Gasteiger partial charge in [0.2, 0.25) is 0 Å². The van der Waals surface area contributed by atoms with Crippen LogP contribution in [0.3, 0.4) is 0 Å². The second-order valence-corrected chi connectivity index (χ2v) is 16.8. The van der Waals surface area contributed by atoms with E-state index < -0.39 is 0 Å². The first-order chi connectivity index (χ1) is 32.8. The van der Waals surface area contributed by atoms with Crippen LogP contribution in [-0.4, -0.2) is 0 Å². The highest BCUT2D eigenvalue weighted by Crippen LogP contribution is 2.46. The van der Waals surface area contributed by atoms with Crippen molar-refractivity contribution in [3.8, 4) is 33.4 Å². The predicted octanol–water partition coefficient (Wildman–Crippen LogP) is 18.2. The van der Waals surface area contributed by atoms with E-state index in [0.717, 1.165) is 34.1 Å². The molecule has 12 aromatic carbocycles. The van der Waals surface area contributed by atoms with Crippen molar-refractivity contribution in [3.05, 3.63) is 267 Å². The van der Waals surface area contributed by atoms with E-state index in [2.05, 4.69) is 277 Å². The normalized spacial score (nSPS) is 11.3. The van der Waals surface area contributed by atoms with Gasteiger partial charge in [-0.25, -0.2) is 0 Å². The summed E-state index contributed by atoms with van der Waals surface area (Å²) in [6, 6.07) is 96.8. The lowest BCUT2D eigenvalue weighted by molar-refractivity contribution is 1.30. The van der Waals surface area contributed by atoms with Crippen LogP contribution in [-0.2, 0) is 0 Å². The molecule has 0 aliphatic rings. The SMILES string of the molecule is c1ccc(N(c2ccccc2)c2cccc3c(-c4cccc5c(-c6cccc7c(-c8cccc9c(N(c%10ccccc%10)c%10ccccc%10)cccc89)cccc67)cccc45)cccc23)cc1. The average molecular weight is 841 g/mol. The van der Waals surface area contributed by atoms with E-state index in [-0.39, 0.29) is 0 Å². The van der Waals surface area contributed by atoms with E-state index in [9.17, 15) is 0 Å². The fourth-order valence-electron chi connectivity index (χ4n) is 10.2. The summed E-state index contributed by atoms with van der Waals surface area (Å²) in [5.41, 5.74) is 14.1. The summed E-state index contributed by atoms with van der Waals surface area (Å²) < 4.78 is 0. The second-order valence-electron chi connectivity index (χ2n) is 16.8. The first-order valence-electron chi connectivity index (χ1n) is 22.7. The van der Waals surface area contributed by atoms with Crippen molar-refractivity contribution in [2.24, 2.45) is 0 Å². The van der Waals surface area contributed by atoms with Gasteiger partial charge in [0.1, 0.15) is 0 Å². The molecule has 0 bridgehead atoms. The molecule has 0 N–H and O–H groups in total. The molecule has 0 spiro atoms. The fraction of sp³-hybridized carbons (Fsp3) is 0. The van der Waals surface area contributed by atoms with E-state index >= 15 is 0 Å². The maximum Gasteiger partial charge on any atom is 0.0540 e. The molecule has 2 nitrogen and oxygen atoms in total. The lowest BCUT2D eigenvalue weighted by Gasteiger charge is -2.27. The third-order valence-electron chi connectivity index (χ3n) is 13.1. The Morgan fingerprint density at radius 3 is 0.591 bits per heavy atom. The molecule has 0 heterocycles. The number of hydrogen-bond donors (Lipinski definition) is 0. The molecular formula is C64H44N2. The summed E-state index contributed by atoms with van der Waals surface area (Å²) >= 11 is 0.